The Morgan fingerprint density at radius 2 is 1.86 bits per heavy atom. The summed E-state index contributed by atoms with van der Waals surface area (Å²) in [4.78, 5) is 12.5. The molecule has 1 aromatic rings. The van der Waals surface area contributed by atoms with Gasteiger partial charge in [-0.2, -0.15) is 8.42 Å². The van der Waals surface area contributed by atoms with Crippen molar-refractivity contribution in [1.82, 2.24) is 5.32 Å². The molecule has 114 valence electrons. The molecule has 1 aliphatic carbocycles. The molecule has 3 rings (SSSR count). The van der Waals surface area contributed by atoms with E-state index in [9.17, 15) is 17.6 Å². The number of Topliss-reactive ketones (excluding diaryl/α,β-unsaturated/α-hetero) is 1. The predicted molar refractivity (Wildman–Crippen MR) is 69.8 cm³/mol. The summed E-state index contributed by atoms with van der Waals surface area (Å²) in [5, 5.41) is 2.85. The number of halogens is 1. The second-order valence-corrected chi connectivity index (χ2v) is 6.26. The van der Waals surface area contributed by atoms with Gasteiger partial charge in [0.1, 0.15) is 5.82 Å². The van der Waals surface area contributed by atoms with E-state index in [-0.39, 0.29) is 18.6 Å². The Bertz CT molecular complexity index is 675. The number of likely N-dealkylation sites (N-methyl/N-ethyl adjacent to an activating group) is 1. The third-order valence-electron chi connectivity index (χ3n) is 4.02. The highest BCUT2D eigenvalue weighted by molar-refractivity contribution is 7.82. The molecule has 1 spiro atoms. The Hall–Kier alpha value is -1.35. The lowest BCUT2D eigenvalue weighted by molar-refractivity contribution is -0.248. The number of carbonyl (C=O) groups excluding carboxylic acids is 1. The van der Waals surface area contributed by atoms with Gasteiger partial charge in [-0.05, 0) is 31.2 Å². The van der Waals surface area contributed by atoms with E-state index in [1.165, 1.54) is 31.3 Å². The van der Waals surface area contributed by atoms with Crippen LogP contribution in [0.25, 0.3) is 0 Å². The van der Waals surface area contributed by atoms with E-state index < -0.39 is 27.5 Å². The lowest BCUT2D eigenvalue weighted by Gasteiger charge is -2.53. The van der Waals surface area contributed by atoms with Crippen molar-refractivity contribution in [3.63, 3.8) is 0 Å². The minimum atomic E-state index is -4.08. The second kappa shape index (κ2) is 4.57. The molecule has 1 N–H and O–H groups in total. The largest absolute Gasteiger partial charge is 0.405 e. The third-order valence-corrected chi connectivity index (χ3v) is 4.97. The molecule has 6 nitrogen and oxygen atoms in total. The topological polar surface area (TPSA) is 81.7 Å². The summed E-state index contributed by atoms with van der Waals surface area (Å²) in [6, 6.07) is 5.26. The molecule has 0 radical (unpaired) electrons. The molecule has 0 unspecified atom stereocenters. The first-order valence-corrected chi connectivity index (χ1v) is 7.83. The van der Waals surface area contributed by atoms with E-state index in [0.29, 0.717) is 12.0 Å². The van der Waals surface area contributed by atoms with Crippen molar-refractivity contribution in [2.24, 2.45) is 0 Å². The van der Waals surface area contributed by atoms with Crippen LogP contribution in [0.3, 0.4) is 0 Å². The number of rotatable bonds is 2. The lowest BCUT2D eigenvalue weighted by atomic mass is 9.71. The van der Waals surface area contributed by atoms with E-state index in [0.717, 1.165) is 0 Å². The van der Waals surface area contributed by atoms with E-state index >= 15 is 0 Å². The average Bonchev–Trinajstić information content (AvgIpc) is 2.39. The zero-order valence-corrected chi connectivity index (χ0v) is 12.1. The molecule has 21 heavy (non-hydrogen) atoms. The van der Waals surface area contributed by atoms with Crippen molar-refractivity contribution < 1.29 is 26.0 Å². The number of hydrogen-bond donors (Lipinski definition) is 1. The number of nitrogens with one attached hydrogen (secondary N) is 1. The van der Waals surface area contributed by atoms with Gasteiger partial charge in [-0.3, -0.25) is 10.1 Å². The summed E-state index contributed by atoms with van der Waals surface area (Å²) >= 11 is 0. The quantitative estimate of drug-likeness (QED) is 0.876. The zero-order valence-electron chi connectivity index (χ0n) is 11.3. The van der Waals surface area contributed by atoms with Crippen LogP contribution in [0.2, 0.25) is 0 Å². The van der Waals surface area contributed by atoms with Crippen LogP contribution in [-0.2, 0) is 29.1 Å². The fourth-order valence-electron chi connectivity index (χ4n) is 3.17. The fourth-order valence-corrected chi connectivity index (χ4v) is 4.26. The van der Waals surface area contributed by atoms with Crippen LogP contribution in [0.1, 0.15) is 24.8 Å². The maximum Gasteiger partial charge on any atom is 0.405 e. The highest BCUT2D eigenvalue weighted by atomic mass is 32.3. The molecule has 1 saturated carbocycles. The Labute approximate surface area is 121 Å². The maximum absolute atomic E-state index is 13.1. The highest BCUT2D eigenvalue weighted by Crippen LogP contribution is 2.52. The summed E-state index contributed by atoms with van der Waals surface area (Å²) in [5.74, 6) is -2.31. The Morgan fingerprint density at radius 3 is 2.38 bits per heavy atom. The molecule has 2 fully saturated rings. The average molecular weight is 315 g/mol. The summed E-state index contributed by atoms with van der Waals surface area (Å²) < 4.78 is 45.7. The molecule has 1 aliphatic heterocycles. The van der Waals surface area contributed by atoms with E-state index in [1.54, 1.807) is 0 Å². The van der Waals surface area contributed by atoms with E-state index in [2.05, 4.69) is 5.32 Å². The summed E-state index contributed by atoms with van der Waals surface area (Å²) in [6.07, 6.45) is 0.960. The predicted octanol–water partition coefficient (Wildman–Crippen LogP) is 0.981. The van der Waals surface area contributed by atoms with Crippen LogP contribution in [-0.4, -0.2) is 27.0 Å². The number of ketones is 1. The molecular formula is C13H14FNO5S. The summed E-state index contributed by atoms with van der Waals surface area (Å²) in [5.41, 5.74) is -1.06. The SMILES string of the molecule is CN[C@@]1(c2ccc(F)cc2)C(=O)CCCC12OS(=O)(=O)O2. The molecule has 1 aromatic carbocycles. The molecule has 1 heterocycles. The number of hydrogen-bond acceptors (Lipinski definition) is 6. The molecular weight excluding hydrogens is 301 g/mol. The van der Waals surface area contributed by atoms with Gasteiger partial charge >= 0.3 is 10.4 Å². The van der Waals surface area contributed by atoms with Crippen molar-refractivity contribution in [2.75, 3.05) is 7.05 Å². The fraction of sp³-hybridized carbons (Fsp3) is 0.462. The second-order valence-electron chi connectivity index (χ2n) is 5.11. The molecule has 2 aliphatic rings. The summed E-state index contributed by atoms with van der Waals surface area (Å²) in [6.45, 7) is 0. The molecule has 1 saturated heterocycles. The van der Waals surface area contributed by atoms with Gasteiger partial charge in [-0.1, -0.05) is 12.1 Å². The van der Waals surface area contributed by atoms with Gasteiger partial charge in [0.2, 0.25) is 5.79 Å². The van der Waals surface area contributed by atoms with Crippen molar-refractivity contribution in [2.45, 2.75) is 30.6 Å². The van der Waals surface area contributed by atoms with E-state index in [4.69, 9.17) is 8.37 Å². The van der Waals surface area contributed by atoms with Gasteiger partial charge in [0.15, 0.2) is 11.3 Å². The number of carbonyl (C=O) groups is 1. The van der Waals surface area contributed by atoms with Crippen molar-refractivity contribution >= 4 is 16.2 Å². The number of benzene rings is 1. The Morgan fingerprint density at radius 1 is 1.24 bits per heavy atom. The van der Waals surface area contributed by atoms with Crippen molar-refractivity contribution in [1.29, 1.82) is 0 Å². The molecule has 0 aromatic heterocycles. The minimum absolute atomic E-state index is 0.246. The Balaban J connectivity index is 2.15. The van der Waals surface area contributed by atoms with Gasteiger partial charge in [0.25, 0.3) is 0 Å². The third kappa shape index (κ3) is 1.94. The van der Waals surface area contributed by atoms with Crippen LogP contribution in [0.5, 0.6) is 0 Å². The first-order chi connectivity index (χ1) is 9.85. The van der Waals surface area contributed by atoms with Crippen LogP contribution >= 0.6 is 0 Å². The van der Waals surface area contributed by atoms with Crippen LogP contribution in [0, 0.1) is 5.82 Å². The normalized spacial score (nSPS) is 30.1. The first kappa shape index (κ1) is 14.6. The lowest BCUT2D eigenvalue weighted by Crippen LogP contribution is -2.73. The molecule has 1 atom stereocenters. The van der Waals surface area contributed by atoms with Gasteiger partial charge in [0.05, 0.1) is 0 Å². The van der Waals surface area contributed by atoms with Crippen LogP contribution in [0.4, 0.5) is 4.39 Å². The van der Waals surface area contributed by atoms with Gasteiger partial charge in [-0.25, -0.2) is 12.8 Å². The van der Waals surface area contributed by atoms with Gasteiger partial charge < -0.3 is 0 Å². The zero-order chi connectivity index (χ0) is 15.3. The van der Waals surface area contributed by atoms with Crippen LogP contribution < -0.4 is 5.32 Å². The van der Waals surface area contributed by atoms with Gasteiger partial charge in [0, 0.05) is 12.8 Å². The standard InChI is InChI=1S/C13H14FNO5S/c1-15-13(9-4-6-10(14)7-5-9)11(16)3-2-8-12(13)19-21(17,18)20-12/h4-7,15H,2-3,8H2,1H3/t13-/m0/s1. The van der Waals surface area contributed by atoms with Gasteiger partial charge in [-0.15, -0.1) is 0 Å². The smallest absolute Gasteiger partial charge is 0.300 e. The highest BCUT2D eigenvalue weighted by Gasteiger charge is 2.70. The van der Waals surface area contributed by atoms with Crippen molar-refractivity contribution in [3.05, 3.63) is 35.6 Å². The molecule has 0 bridgehead atoms. The van der Waals surface area contributed by atoms with Crippen molar-refractivity contribution in [3.8, 4) is 0 Å². The maximum atomic E-state index is 13.1. The monoisotopic (exact) mass is 315 g/mol. The minimum Gasteiger partial charge on any atom is -0.300 e. The van der Waals surface area contributed by atoms with E-state index in [1.807, 2.05) is 0 Å². The van der Waals surface area contributed by atoms with Crippen LogP contribution in [0.15, 0.2) is 24.3 Å². The molecule has 8 heteroatoms. The summed E-state index contributed by atoms with van der Waals surface area (Å²) in [7, 11) is -2.56. The molecule has 0 amide bonds. The first-order valence-electron chi connectivity index (χ1n) is 6.50. The Kier molecular flexibility index (Phi) is 3.17.